The molecular formula is C10H11N3O2. The SMILES string of the molecule is CC(c1ccncc1)N1CC(=O)NC1=O. The molecule has 2 heterocycles. The highest BCUT2D eigenvalue weighted by atomic mass is 16.2. The van der Waals surface area contributed by atoms with Gasteiger partial charge >= 0.3 is 6.03 Å². The topological polar surface area (TPSA) is 62.3 Å². The number of aromatic nitrogens is 1. The first-order chi connectivity index (χ1) is 7.18. The zero-order valence-corrected chi connectivity index (χ0v) is 8.30. The normalized spacial score (nSPS) is 17.8. The van der Waals surface area contributed by atoms with Gasteiger partial charge in [0.25, 0.3) is 0 Å². The quantitative estimate of drug-likeness (QED) is 0.723. The van der Waals surface area contributed by atoms with E-state index in [4.69, 9.17) is 0 Å². The minimum absolute atomic E-state index is 0.112. The molecular weight excluding hydrogens is 194 g/mol. The van der Waals surface area contributed by atoms with Gasteiger partial charge in [0, 0.05) is 12.4 Å². The molecule has 5 heteroatoms. The first-order valence-electron chi connectivity index (χ1n) is 4.69. The fraction of sp³-hybridized carbons (Fsp3) is 0.300. The van der Waals surface area contributed by atoms with E-state index >= 15 is 0 Å². The Balaban J connectivity index is 2.18. The van der Waals surface area contributed by atoms with Crippen LogP contribution in [0.2, 0.25) is 0 Å². The molecule has 0 bridgehead atoms. The highest BCUT2D eigenvalue weighted by Crippen LogP contribution is 2.20. The van der Waals surface area contributed by atoms with Gasteiger partial charge in [0.2, 0.25) is 5.91 Å². The second-order valence-electron chi connectivity index (χ2n) is 3.44. The predicted molar refractivity (Wildman–Crippen MR) is 52.9 cm³/mol. The number of carbonyl (C=O) groups excluding carboxylic acids is 2. The summed E-state index contributed by atoms with van der Waals surface area (Å²) in [5.41, 5.74) is 0.967. The Morgan fingerprint density at radius 2 is 2.07 bits per heavy atom. The molecule has 1 unspecified atom stereocenters. The van der Waals surface area contributed by atoms with Crippen molar-refractivity contribution in [2.45, 2.75) is 13.0 Å². The molecule has 5 nitrogen and oxygen atoms in total. The monoisotopic (exact) mass is 205 g/mol. The van der Waals surface area contributed by atoms with Crippen LogP contribution in [0, 0.1) is 0 Å². The highest BCUT2D eigenvalue weighted by Gasteiger charge is 2.30. The number of rotatable bonds is 2. The number of hydrogen-bond acceptors (Lipinski definition) is 3. The molecule has 1 aromatic rings. The van der Waals surface area contributed by atoms with E-state index in [9.17, 15) is 9.59 Å². The Labute approximate surface area is 87.1 Å². The lowest BCUT2D eigenvalue weighted by Crippen LogP contribution is -2.30. The summed E-state index contributed by atoms with van der Waals surface area (Å²) >= 11 is 0. The summed E-state index contributed by atoms with van der Waals surface area (Å²) in [4.78, 5) is 27.8. The van der Waals surface area contributed by atoms with Gasteiger partial charge in [-0.15, -0.1) is 0 Å². The second-order valence-corrected chi connectivity index (χ2v) is 3.44. The zero-order chi connectivity index (χ0) is 10.8. The van der Waals surface area contributed by atoms with Crippen molar-refractivity contribution in [3.05, 3.63) is 30.1 Å². The van der Waals surface area contributed by atoms with Crippen LogP contribution in [0.25, 0.3) is 0 Å². The Morgan fingerprint density at radius 1 is 1.40 bits per heavy atom. The van der Waals surface area contributed by atoms with Crippen LogP contribution < -0.4 is 5.32 Å². The third-order valence-corrected chi connectivity index (χ3v) is 2.48. The smallest absolute Gasteiger partial charge is 0.308 e. The lowest BCUT2D eigenvalue weighted by molar-refractivity contribution is -0.118. The number of carbonyl (C=O) groups is 2. The summed E-state index contributed by atoms with van der Waals surface area (Å²) in [5.74, 6) is -0.249. The summed E-state index contributed by atoms with van der Waals surface area (Å²) in [6.45, 7) is 2.01. The molecule has 0 radical (unpaired) electrons. The molecule has 2 rings (SSSR count). The van der Waals surface area contributed by atoms with Crippen LogP contribution in [-0.4, -0.2) is 28.4 Å². The average molecular weight is 205 g/mol. The number of hydrogen-bond donors (Lipinski definition) is 1. The number of urea groups is 1. The Kier molecular flexibility index (Phi) is 2.37. The molecule has 1 aliphatic rings. The van der Waals surface area contributed by atoms with E-state index in [0.717, 1.165) is 5.56 Å². The van der Waals surface area contributed by atoms with Crippen molar-refractivity contribution in [1.82, 2.24) is 15.2 Å². The van der Waals surface area contributed by atoms with Gasteiger partial charge in [-0.05, 0) is 24.6 Å². The van der Waals surface area contributed by atoms with Crippen molar-refractivity contribution in [1.29, 1.82) is 0 Å². The fourth-order valence-corrected chi connectivity index (χ4v) is 1.59. The van der Waals surface area contributed by atoms with Crippen LogP contribution in [0.1, 0.15) is 18.5 Å². The van der Waals surface area contributed by atoms with Gasteiger partial charge in [-0.3, -0.25) is 15.1 Å². The molecule has 0 saturated carbocycles. The molecule has 3 amide bonds. The van der Waals surface area contributed by atoms with Gasteiger partial charge in [0.15, 0.2) is 0 Å². The third kappa shape index (κ3) is 1.81. The predicted octanol–water partition coefficient (Wildman–Crippen LogP) is 0.694. The summed E-state index contributed by atoms with van der Waals surface area (Å²) in [5, 5.41) is 2.25. The second kappa shape index (κ2) is 3.68. The molecule has 0 aliphatic carbocycles. The molecule has 1 N–H and O–H groups in total. The summed E-state index contributed by atoms with van der Waals surface area (Å²) < 4.78 is 0. The van der Waals surface area contributed by atoms with E-state index in [1.54, 1.807) is 12.4 Å². The van der Waals surface area contributed by atoms with Crippen LogP contribution >= 0.6 is 0 Å². The number of imide groups is 1. The fourth-order valence-electron chi connectivity index (χ4n) is 1.59. The van der Waals surface area contributed by atoms with Crippen LogP contribution in [0.15, 0.2) is 24.5 Å². The molecule has 1 fully saturated rings. The minimum Gasteiger partial charge on any atom is -0.308 e. The van der Waals surface area contributed by atoms with Crippen molar-refractivity contribution in [3.8, 4) is 0 Å². The largest absolute Gasteiger partial charge is 0.325 e. The van der Waals surface area contributed by atoms with Crippen molar-refractivity contribution >= 4 is 11.9 Å². The molecule has 78 valence electrons. The first-order valence-corrected chi connectivity index (χ1v) is 4.69. The average Bonchev–Trinajstić information content (AvgIpc) is 2.58. The molecule has 1 saturated heterocycles. The van der Waals surface area contributed by atoms with Gasteiger partial charge in [-0.25, -0.2) is 4.79 Å². The van der Waals surface area contributed by atoms with E-state index in [1.165, 1.54) is 4.90 Å². The maximum Gasteiger partial charge on any atom is 0.325 e. The minimum atomic E-state index is -0.329. The van der Waals surface area contributed by atoms with Crippen LogP contribution in [0.4, 0.5) is 4.79 Å². The lowest BCUT2D eigenvalue weighted by Gasteiger charge is -2.22. The first kappa shape index (κ1) is 9.64. The van der Waals surface area contributed by atoms with Gasteiger partial charge in [0.1, 0.15) is 6.54 Å². The van der Waals surface area contributed by atoms with Crippen molar-refractivity contribution < 1.29 is 9.59 Å². The molecule has 1 aliphatic heterocycles. The van der Waals surface area contributed by atoms with E-state index < -0.39 is 0 Å². The van der Waals surface area contributed by atoms with Gasteiger partial charge < -0.3 is 4.90 Å². The van der Waals surface area contributed by atoms with E-state index in [2.05, 4.69) is 10.3 Å². The molecule has 0 aromatic carbocycles. The Bertz CT molecular complexity index is 391. The molecule has 1 aromatic heterocycles. The summed E-state index contributed by atoms with van der Waals surface area (Å²) in [6.07, 6.45) is 3.34. The number of amides is 3. The molecule has 15 heavy (non-hydrogen) atoms. The zero-order valence-electron chi connectivity index (χ0n) is 8.30. The van der Waals surface area contributed by atoms with Gasteiger partial charge in [-0.1, -0.05) is 0 Å². The Hall–Kier alpha value is -1.91. The third-order valence-electron chi connectivity index (χ3n) is 2.48. The van der Waals surface area contributed by atoms with E-state index in [0.29, 0.717) is 0 Å². The molecule has 0 spiro atoms. The van der Waals surface area contributed by atoms with Crippen LogP contribution in [0.3, 0.4) is 0 Å². The number of nitrogens with zero attached hydrogens (tertiary/aromatic N) is 2. The van der Waals surface area contributed by atoms with Crippen LogP contribution in [-0.2, 0) is 4.79 Å². The van der Waals surface area contributed by atoms with Crippen molar-refractivity contribution in [2.75, 3.05) is 6.54 Å². The van der Waals surface area contributed by atoms with Crippen LogP contribution in [0.5, 0.6) is 0 Å². The van der Waals surface area contributed by atoms with Gasteiger partial charge in [0.05, 0.1) is 6.04 Å². The van der Waals surface area contributed by atoms with Crippen molar-refractivity contribution in [2.24, 2.45) is 0 Å². The maximum atomic E-state index is 11.4. The molecule has 1 atom stereocenters. The standard InChI is InChI=1S/C10H11N3O2/c1-7(8-2-4-11-5-3-8)13-6-9(14)12-10(13)15/h2-5,7H,6H2,1H3,(H,12,14,15). The van der Waals surface area contributed by atoms with Gasteiger partial charge in [-0.2, -0.15) is 0 Å². The van der Waals surface area contributed by atoms with Crippen molar-refractivity contribution in [3.63, 3.8) is 0 Å². The van der Waals surface area contributed by atoms with E-state index in [-0.39, 0.29) is 24.5 Å². The lowest BCUT2D eigenvalue weighted by atomic mass is 10.1. The summed E-state index contributed by atoms with van der Waals surface area (Å²) in [7, 11) is 0. The maximum absolute atomic E-state index is 11.4. The number of pyridine rings is 1. The summed E-state index contributed by atoms with van der Waals surface area (Å²) in [6, 6.07) is 3.23. The van der Waals surface area contributed by atoms with E-state index in [1.807, 2.05) is 19.1 Å². The number of nitrogens with one attached hydrogen (secondary N) is 1. The Morgan fingerprint density at radius 3 is 2.60 bits per heavy atom. The highest BCUT2D eigenvalue weighted by molar-refractivity contribution is 6.02.